The molecule has 1 aromatic carbocycles. The maximum Gasteiger partial charge on any atom is 0.349 e. The molecule has 2 heterocycles. The standard InChI is InChI=1S/C21H27NO5/c1-4-10-25-17-6-5-9-22(13-17)20(23)18-11-15-7-8-16(26-14(2)3)12-19(15)27-21(18)24/h7-8,11-12,14,17H,4-6,9-10,13H2,1-3H3. The number of carbonyl (C=O) groups excluding carboxylic acids is 1. The van der Waals surface area contributed by atoms with Crippen molar-refractivity contribution in [3.05, 3.63) is 40.2 Å². The van der Waals surface area contributed by atoms with E-state index in [2.05, 4.69) is 6.92 Å². The number of rotatable bonds is 6. The second-order valence-corrected chi connectivity index (χ2v) is 7.20. The molecule has 1 saturated heterocycles. The van der Waals surface area contributed by atoms with E-state index in [0.29, 0.717) is 36.4 Å². The van der Waals surface area contributed by atoms with E-state index in [4.69, 9.17) is 13.9 Å². The summed E-state index contributed by atoms with van der Waals surface area (Å²) in [6.45, 7) is 7.74. The van der Waals surface area contributed by atoms with E-state index in [9.17, 15) is 9.59 Å². The van der Waals surface area contributed by atoms with Crippen molar-refractivity contribution < 1.29 is 18.7 Å². The van der Waals surface area contributed by atoms with Gasteiger partial charge in [0.1, 0.15) is 16.9 Å². The third-order valence-corrected chi connectivity index (χ3v) is 4.53. The van der Waals surface area contributed by atoms with Gasteiger partial charge in [-0.05, 0) is 51.3 Å². The van der Waals surface area contributed by atoms with Gasteiger partial charge in [-0.25, -0.2) is 4.79 Å². The summed E-state index contributed by atoms with van der Waals surface area (Å²) in [5, 5.41) is 0.699. The molecule has 2 aromatic rings. The third-order valence-electron chi connectivity index (χ3n) is 4.53. The zero-order valence-corrected chi connectivity index (χ0v) is 16.2. The number of carbonyl (C=O) groups is 1. The van der Waals surface area contributed by atoms with Gasteiger partial charge in [0.25, 0.3) is 5.91 Å². The van der Waals surface area contributed by atoms with Crippen molar-refractivity contribution in [2.75, 3.05) is 19.7 Å². The van der Waals surface area contributed by atoms with Crippen LogP contribution in [0, 0.1) is 0 Å². The van der Waals surface area contributed by atoms with E-state index in [1.165, 1.54) is 0 Å². The molecule has 1 amide bonds. The van der Waals surface area contributed by atoms with Crippen LogP contribution in [0.1, 0.15) is 50.4 Å². The van der Waals surface area contributed by atoms with Crippen molar-refractivity contribution >= 4 is 16.9 Å². The number of amides is 1. The fraction of sp³-hybridized carbons (Fsp3) is 0.524. The van der Waals surface area contributed by atoms with Crippen LogP contribution < -0.4 is 10.4 Å². The number of hydrogen-bond acceptors (Lipinski definition) is 5. The molecular formula is C21H27NO5. The minimum atomic E-state index is -0.620. The van der Waals surface area contributed by atoms with Gasteiger partial charge in [-0.1, -0.05) is 6.92 Å². The molecule has 1 atom stereocenters. The summed E-state index contributed by atoms with van der Waals surface area (Å²) in [4.78, 5) is 27.0. The average molecular weight is 373 g/mol. The Balaban J connectivity index is 1.82. The van der Waals surface area contributed by atoms with Crippen molar-refractivity contribution in [3.63, 3.8) is 0 Å². The lowest BCUT2D eigenvalue weighted by Crippen LogP contribution is -2.44. The van der Waals surface area contributed by atoms with Crippen LogP contribution in [0.4, 0.5) is 0 Å². The Hall–Kier alpha value is -2.34. The van der Waals surface area contributed by atoms with Gasteiger partial charge in [0.15, 0.2) is 0 Å². The zero-order valence-electron chi connectivity index (χ0n) is 16.2. The lowest BCUT2D eigenvalue weighted by atomic mass is 10.1. The summed E-state index contributed by atoms with van der Waals surface area (Å²) in [6.07, 6.45) is 2.81. The van der Waals surface area contributed by atoms with Gasteiger partial charge < -0.3 is 18.8 Å². The van der Waals surface area contributed by atoms with Gasteiger partial charge in [0, 0.05) is 31.1 Å². The highest BCUT2D eigenvalue weighted by Gasteiger charge is 2.27. The summed E-state index contributed by atoms with van der Waals surface area (Å²) in [6, 6.07) is 6.90. The number of hydrogen-bond donors (Lipinski definition) is 0. The Labute approximate surface area is 159 Å². The SMILES string of the molecule is CCCOC1CCCN(C(=O)c2cc3ccc(OC(C)C)cc3oc2=O)C1. The van der Waals surface area contributed by atoms with Gasteiger partial charge in [-0.3, -0.25) is 4.79 Å². The summed E-state index contributed by atoms with van der Waals surface area (Å²) in [5.41, 5.74) is -0.139. The first-order valence-corrected chi connectivity index (χ1v) is 9.63. The van der Waals surface area contributed by atoms with Crippen LogP contribution in [-0.4, -0.2) is 42.7 Å². The molecule has 3 rings (SSSR count). The van der Waals surface area contributed by atoms with Crippen molar-refractivity contribution in [1.29, 1.82) is 0 Å². The zero-order chi connectivity index (χ0) is 19.4. The Morgan fingerprint density at radius 3 is 2.89 bits per heavy atom. The smallest absolute Gasteiger partial charge is 0.349 e. The Morgan fingerprint density at radius 2 is 2.15 bits per heavy atom. The largest absolute Gasteiger partial charge is 0.491 e. The van der Waals surface area contributed by atoms with Crippen LogP contribution in [0.2, 0.25) is 0 Å². The molecule has 0 radical (unpaired) electrons. The molecule has 0 bridgehead atoms. The van der Waals surface area contributed by atoms with Crippen LogP contribution in [0.25, 0.3) is 11.0 Å². The van der Waals surface area contributed by atoms with Crippen LogP contribution >= 0.6 is 0 Å². The molecule has 0 saturated carbocycles. The summed E-state index contributed by atoms with van der Waals surface area (Å²) in [7, 11) is 0. The van der Waals surface area contributed by atoms with E-state index in [1.54, 1.807) is 23.1 Å². The number of piperidine rings is 1. The number of benzene rings is 1. The molecule has 1 aliphatic heterocycles. The molecule has 146 valence electrons. The number of ether oxygens (including phenoxy) is 2. The number of nitrogens with zero attached hydrogens (tertiary/aromatic N) is 1. The van der Waals surface area contributed by atoms with Crippen LogP contribution in [0.15, 0.2) is 33.5 Å². The van der Waals surface area contributed by atoms with Gasteiger partial charge in [-0.2, -0.15) is 0 Å². The maximum atomic E-state index is 12.9. The Kier molecular flexibility index (Phi) is 6.16. The van der Waals surface area contributed by atoms with Gasteiger partial charge in [0.05, 0.1) is 12.2 Å². The van der Waals surface area contributed by atoms with Crippen LogP contribution in [0.5, 0.6) is 5.75 Å². The highest BCUT2D eigenvalue weighted by molar-refractivity contribution is 5.96. The lowest BCUT2D eigenvalue weighted by Gasteiger charge is -2.32. The summed E-state index contributed by atoms with van der Waals surface area (Å²) >= 11 is 0. The molecule has 1 fully saturated rings. The summed E-state index contributed by atoms with van der Waals surface area (Å²) < 4.78 is 16.8. The molecular weight excluding hydrogens is 346 g/mol. The lowest BCUT2D eigenvalue weighted by molar-refractivity contribution is 0.00198. The molecule has 6 heteroatoms. The second kappa shape index (κ2) is 8.57. The summed E-state index contributed by atoms with van der Waals surface area (Å²) in [5.74, 6) is 0.338. The van der Waals surface area contributed by atoms with E-state index >= 15 is 0 Å². The molecule has 27 heavy (non-hydrogen) atoms. The van der Waals surface area contributed by atoms with Gasteiger partial charge in [0.2, 0.25) is 0 Å². The van der Waals surface area contributed by atoms with Gasteiger partial charge in [-0.15, -0.1) is 0 Å². The fourth-order valence-corrected chi connectivity index (χ4v) is 3.30. The van der Waals surface area contributed by atoms with Crippen LogP contribution in [0.3, 0.4) is 0 Å². The average Bonchev–Trinajstić information content (AvgIpc) is 2.65. The second-order valence-electron chi connectivity index (χ2n) is 7.20. The number of fused-ring (bicyclic) bond motifs is 1. The minimum Gasteiger partial charge on any atom is -0.491 e. The van der Waals surface area contributed by atoms with Crippen molar-refractivity contribution in [2.45, 2.75) is 52.2 Å². The van der Waals surface area contributed by atoms with E-state index in [-0.39, 0.29) is 23.7 Å². The quantitative estimate of drug-likeness (QED) is 0.724. The molecule has 1 aliphatic rings. The molecule has 6 nitrogen and oxygen atoms in total. The fourth-order valence-electron chi connectivity index (χ4n) is 3.30. The highest BCUT2D eigenvalue weighted by atomic mass is 16.5. The van der Waals surface area contributed by atoms with E-state index in [1.807, 2.05) is 19.9 Å². The van der Waals surface area contributed by atoms with Crippen molar-refractivity contribution in [2.24, 2.45) is 0 Å². The minimum absolute atomic E-state index is 0.0250. The monoisotopic (exact) mass is 373 g/mol. The Morgan fingerprint density at radius 1 is 1.33 bits per heavy atom. The van der Waals surface area contributed by atoms with Crippen molar-refractivity contribution in [3.8, 4) is 5.75 Å². The molecule has 0 aliphatic carbocycles. The van der Waals surface area contributed by atoms with Gasteiger partial charge >= 0.3 is 5.63 Å². The topological polar surface area (TPSA) is 69.0 Å². The predicted octanol–water partition coefficient (Wildman–Crippen LogP) is 3.61. The van der Waals surface area contributed by atoms with E-state index < -0.39 is 5.63 Å². The van der Waals surface area contributed by atoms with E-state index in [0.717, 1.165) is 19.3 Å². The maximum absolute atomic E-state index is 12.9. The third kappa shape index (κ3) is 4.69. The normalized spacial score (nSPS) is 17.5. The van der Waals surface area contributed by atoms with Crippen molar-refractivity contribution in [1.82, 2.24) is 4.90 Å². The Bertz CT molecular complexity index is 857. The first kappa shape index (κ1) is 19.4. The van der Waals surface area contributed by atoms with Crippen LogP contribution in [-0.2, 0) is 4.74 Å². The predicted molar refractivity (Wildman–Crippen MR) is 103 cm³/mol. The molecule has 0 N–H and O–H groups in total. The molecule has 0 spiro atoms. The molecule has 1 unspecified atom stereocenters. The number of likely N-dealkylation sites (tertiary alicyclic amines) is 1. The molecule has 1 aromatic heterocycles. The highest BCUT2D eigenvalue weighted by Crippen LogP contribution is 2.22. The first-order chi connectivity index (χ1) is 13.0. The first-order valence-electron chi connectivity index (χ1n) is 9.63.